The number of rotatable bonds is 4. The highest BCUT2D eigenvalue weighted by molar-refractivity contribution is 6.08. The van der Waals surface area contributed by atoms with E-state index in [1.807, 2.05) is 32.0 Å². The smallest absolute Gasteiger partial charge is 0.135 e. The maximum absolute atomic E-state index is 12.4. The molecule has 0 aromatic heterocycles. The van der Waals surface area contributed by atoms with Gasteiger partial charge in [-0.25, -0.2) is 0 Å². The fourth-order valence-electron chi connectivity index (χ4n) is 6.53. The molecule has 0 radical (unpaired) electrons. The third kappa shape index (κ3) is 4.29. The van der Waals surface area contributed by atoms with Gasteiger partial charge in [0.1, 0.15) is 11.5 Å². The van der Waals surface area contributed by atoms with E-state index in [4.69, 9.17) is 0 Å². The van der Waals surface area contributed by atoms with Crippen LogP contribution in [0.3, 0.4) is 0 Å². The van der Waals surface area contributed by atoms with Crippen molar-refractivity contribution in [1.82, 2.24) is 0 Å². The number of phenols is 2. The van der Waals surface area contributed by atoms with Crippen LogP contribution in [0.5, 0.6) is 11.5 Å². The number of benzene rings is 5. The molecule has 0 heterocycles. The van der Waals surface area contributed by atoms with Gasteiger partial charge in [0.2, 0.25) is 0 Å². The van der Waals surface area contributed by atoms with Crippen LogP contribution < -0.4 is 0 Å². The van der Waals surface area contributed by atoms with Gasteiger partial charge < -0.3 is 10.2 Å². The van der Waals surface area contributed by atoms with Crippen LogP contribution in [-0.4, -0.2) is 10.2 Å². The molecule has 0 bridgehead atoms. The van der Waals surface area contributed by atoms with Crippen molar-refractivity contribution in [1.29, 1.82) is 0 Å². The summed E-state index contributed by atoms with van der Waals surface area (Å²) in [4.78, 5) is 0. The molecule has 2 heteroatoms. The van der Waals surface area contributed by atoms with Crippen molar-refractivity contribution >= 4 is 0 Å². The van der Waals surface area contributed by atoms with E-state index in [2.05, 4.69) is 96.1 Å². The molecule has 0 aliphatic carbocycles. The van der Waals surface area contributed by atoms with E-state index >= 15 is 0 Å². The largest absolute Gasteiger partial charge is 0.506 e. The summed E-state index contributed by atoms with van der Waals surface area (Å²) >= 11 is 0. The van der Waals surface area contributed by atoms with Crippen LogP contribution in [0.4, 0.5) is 0 Å². The minimum Gasteiger partial charge on any atom is -0.506 e. The fourth-order valence-corrected chi connectivity index (χ4v) is 6.53. The summed E-state index contributed by atoms with van der Waals surface area (Å²) in [6.45, 7) is 16.7. The molecular formula is C38H38O2. The summed E-state index contributed by atoms with van der Waals surface area (Å²) in [7, 11) is 0. The van der Waals surface area contributed by atoms with Crippen LogP contribution in [0, 0.1) is 55.4 Å². The first-order valence-corrected chi connectivity index (χ1v) is 13.9. The zero-order valence-corrected chi connectivity index (χ0v) is 24.8. The predicted molar refractivity (Wildman–Crippen MR) is 169 cm³/mol. The molecule has 5 aromatic carbocycles. The molecule has 5 rings (SSSR count). The van der Waals surface area contributed by atoms with Gasteiger partial charge in [0, 0.05) is 16.7 Å². The van der Waals surface area contributed by atoms with Gasteiger partial charge in [-0.15, -0.1) is 0 Å². The molecule has 40 heavy (non-hydrogen) atoms. The number of hydrogen-bond donors (Lipinski definition) is 2. The molecule has 2 nitrogen and oxygen atoms in total. The van der Waals surface area contributed by atoms with Crippen LogP contribution in [-0.2, 0) is 0 Å². The summed E-state index contributed by atoms with van der Waals surface area (Å²) in [5, 5.41) is 24.9. The molecule has 0 atom stereocenters. The monoisotopic (exact) mass is 526 g/mol. The molecule has 2 N–H and O–H groups in total. The number of phenolic OH excluding ortho intramolecular Hbond substituents is 2. The van der Waals surface area contributed by atoms with Crippen LogP contribution in [0.15, 0.2) is 72.8 Å². The van der Waals surface area contributed by atoms with Crippen molar-refractivity contribution in [3.63, 3.8) is 0 Å². The SMILES string of the molecule is Cc1cccc(C)c1-c1c(O)c(-c2c(C)cccc2C)c(-c2c(C)cccc2C)c(-c2c(C)cccc2C)c1O. The van der Waals surface area contributed by atoms with Crippen molar-refractivity contribution in [3.8, 4) is 56.0 Å². The Morgan fingerprint density at radius 3 is 0.725 bits per heavy atom. The van der Waals surface area contributed by atoms with Crippen molar-refractivity contribution < 1.29 is 10.2 Å². The van der Waals surface area contributed by atoms with E-state index in [0.717, 1.165) is 83.5 Å². The molecule has 0 amide bonds. The molecule has 202 valence electrons. The Balaban J connectivity index is 2.17. The average molecular weight is 527 g/mol. The highest BCUT2D eigenvalue weighted by atomic mass is 16.3. The Hall–Kier alpha value is -4.30. The molecule has 0 saturated carbocycles. The summed E-state index contributed by atoms with van der Waals surface area (Å²) in [5.74, 6) is 0.222. The predicted octanol–water partition coefficient (Wildman–Crippen LogP) is 10.2. The minimum absolute atomic E-state index is 0.111. The lowest BCUT2D eigenvalue weighted by atomic mass is 9.77. The molecule has 0 spiro atoms. The van der Waals surface area contributed by atoms with Gasteiger partial charge in [-0.05, 0) is 122 Å². The molecule has 0 saturated heterocycles. The zero-order chi connectivity index (χ0) is 28.9. The maximum atomic E-state index is 12.4. The second-order valence-corrected chi connectivity index (χ2v) is 11.3. The fraction of sp³-hybridized carbons (Fsp3) is 0.211. The Bertz CT molecular complexity index is 1630. The Morgan fingerprint density at radius 1 is 0.275 bits per heavy atom. The van der Waals surface area contributed by atoms with Crippen LogP contribution in [0.1, 0.15) is 44.5 Å². The van der Waals surface area contributed by atoms with Gasteiger partial charge in [-0.1, -0.05) is 72.8 Å². The molecule has 0 fully saturated rings. The highest BCUT2D eigenvalue weighted by Crippen LogP contribution is 2.58. The molecule has 0 unspecified atom stereocenters. The maximum Gasteiger partial charge on any atom is 0.135 e. The highest BCUT2D eigenvalue weighted by Gasteiger charge is 2.31. The molecular weight excluding hydrogens is 488 g/mol. The number of hydrogen-bond acceptors (Lipinski definition) is 2. The first-order chi connectivity index (χ1) is 19.0. The van der Waals surface area contributed by atoms with E-state index in [-0.39, 0.29) is 11.5 Å². The van der Waals surface area contributed by atoms with Crippen LogP contribution in [0.2, 0.25) is 0 Å². The van der Waals surface area contributed by atoms with Gasteiger partial charge in [0.25, 0.3) is 0 Å². The van der Waals surface area contributed by atoms with Gasteiger partial charge >= 0.3 is 0 Å². The van der Waals surface area contributed by atoms with E-state index in [9.17, 15) is 10.2 Å². The quantitative estimate of drug-likeness (QED) is 0.244. The third-order valence-corrected chi connectivity index (χ3v) is 8.37. The van der Waals surface area contributed by atoms with E-state index in [1.165, 1.54) is 0 Å². The first-order valence-electron chi connectivity index (χ1n) is 13.9. The summed E-state index contributed by atoms with van der Waals surface area (Å²) < 4.78 is 0. The Kier molecular flexibility index (Phi) is 7.06. The zero-order valence-electron chi connectivity index (χ0n) is 24.8. The van der Waals surface area contributed by atoms with Gasteiger partial charge in [0.05, 0.1) is 5.56 Å². The third-order valence-electron chi connectivity index (χ3n) is 8.37. The second kappa shape index (κ2) is 10.4. The average Bonchev–Trinajstić information content (AvgIpc) is 2.88. The second-order valence-electron chi connectivity index (χ2n) is 11.3. The van der Waals surface area contributed by atoms with E-state index in [0.29, 0.717) is 5.56 Å². The van der Waals surface area contributed by atoms with Crippen LogP contribution in [0.25, 0.3) is 44.5 Å². The van der Waals surface area contributed by atoms with Crippen molar-refractivity contribution in [3.05, 3.63) is 117 Å². The lowest BCUT2D eigenvalue weighted by molar-refractivity contribution is 0.457. The van der Waals surface area contributed by atoms with Crippen LogP contribution >= 0.6 is 0 Å². The van der Waals surface area contributed by atoms with Gasteiger partial charge in [-0.3, -0.25) is 0 Å². The van der Waals surface area contributed by atoms with E-state index in [1.54, 1.807) is 0 Å². The lowest BCUT2D eigenvalue weighted by Gasteiger charge is -2.28. The molecule has 5 aromatic rings. The minimum atomic E-state index is 0.111. The molecule has 0 aliphatic heterocycles. The van der Waals surface area contributed by atoms with Gasteiger partial charge in [0.15, 0.2) is 0 Å². The normalized spacial score (nSPS) is 11.2. The topological polar surface area (TPSA) is 40.5 Å². The molecule has 0 aliphatic rings. The van der Waals surface area contributed by atoms with Crippen molar-refractivity contribution in [2.45, 2.75) is 55.4 Å². The standard InChI is InChI=1S/C38H38O2/c1-21-13-9-14-22(2)29(21)33-34(30-23(3)15-10-16-24(30)4)37(39)36(32-27(7)19-12-20-28(32)8)38(40)35(33)31-25(5)17-11-18-26(31)6/h9-20,39-40H,1-8H3. The van der Waals surface area contributed by atoms with Gasteiger partial charge in [-0.2, -0.15) is 0 Å². The summed E-state index contributed by atoms with van der Waals surface area (Å²) in [6.07, 6.45) is 0. The number of aryl methyl sites for hydroxylation is 8. The van der Waals surface area contributed by atoms with Crippen molar-refractivity contribution in [2.24, 2.45) is 0 Å². The Morgan fingerprint density at radius 2 is 0.475 bits per heavy atom. The summed E-state index contributed by atoms with van der Waals surface area (Å²) in [6, 6.07) is 24.9. The van der Waals surface area contributed by atoms with Crippen molar-refractivity contribution in [2.75, 3.05) is 0 Å². The van der Waals surface area contributed by atoms with E-state index < -0.39 is 0 Å². The first kappa shape index (κ1) is 27.3. The summed E-state index contributed by atoms with van der Waals surface area (Å²) in [5.41, 5.74) is 15.3. The number of aromatic hydroxyl groups is 2. The Labute approximate surface area is 238 Å². The lowest BCUT2D eigenvalue weighted by Crippen LogP contribution is -2.03.